The third-order valence-electron chi connectivity index (χ3n) is 4.37. The van der Waals surface area contributed by atoms with Gasteiger partial charge in [-0.1, -0.05) is 47.6 Å². The fourth-order valence-electron chi connectivity index (χ4n) is 2.96. The molecule has 0 saturated heterocycles. The van der Waals surface area contributed by atoms with E-state index in [1.807, 2.05) is 0 Å². The zero-order valence-electron chi connectivity index (χ0n) is 15.8. The molecule has 4 aromatic rings. The molecule has 0 aliphatic carbocycles. The van der Waals surface area contributed by atoms with Crippen molar-refractivity contribution in [1.29, 1.82) is 0 Å². The van der Waals surface area contributed by atoms with Crippen molar-refractivity contribution >= 4 is 45.9 Å². The smallest absolute Gasteiger partial charge is 0.266 e. The third-order valence-corrected chi connectivity index (χ3v) is 5.55. The Morgan fingerprint density at radius 1 is 1.03 bits per heavy atom. The number of carbonyl (C=O) groups is 1. The first-order valence-electron chi connectivity index (χ1n) is 9.08. The largest absolute Gasteiger partial charge is 0.323 e. The molecule has 1 N–H and O–H groups in total. The van der Waals surface area contributed by atoms with Crippen LogP contribution >= 0.6 is 23.4 Å². The summed E-state index contributed by atoms with van der Waals surface area (Å²) in [5.74, 6) is -1.96. The van der Waals surface area contributed by atoms with Gasteiger partial charge in [-0.3, -0.25) is 14.2 Å². The van der Waals surface area contributed by atoms with Gasteiger partial charge in [0.05, 0.1) is 28.0 Å². The van der Waals surface area contributed by atoms with Crippen molar-refractivity contribution in [1.82, 2.24) is 9.55 Å². The lowest BCUT2D eigenvalue weighted by Gasteiger charge is -2.14. The summed E-state index contributed by atoms with van der Waals surface area (Å²) >= 11 is 6.78. The van der Waals surface area contributed by atoms with Crippen molar-refractivity contribution in [2.75, 3.05) is 11.1 Å². The van der Waals surface area contributed by atoms with Gasteiger partial charge in [0.15, 0.2) is 5.16 Å². The second kappa shape index (κ2) is 8.87. The van der Waals surface area contributed by atoms with Crippen LogP contribution in [0.2, 0.25) is 5.02 Å². The molecule has 1 aromatic heterocycles. The van der Waals surface area contributed by atoms with Crippen LogP contribution in [0, 0.1) is 11.6 Å². The summed E-state index contributed by atoms with van der Waals surface area (Å²) in [6.45, 7) is 0. The number of halogens is 3. The van der Waals surface area contributed by atoms with Gasteiger partial charge in [-0.15, -0.1) is 0 Å². The zero-order valence-corrected chi connectivity index (χ0v) is 17.4. The minimum atomic E-state index is -0.630. The van der Waals surface area contributed by atoms with E-state index in [0.29, 0.717) is 10.9 Å². The van der Waals surface area contributed by atoms with Gasteiger partial charge in [0.2, 0.25) is 5.91 Å². The van der Waals surface area contributed by atoms with Crippen molar-refractivity contribution in [3.63, 3.8) is 0 Å². The predicted octanol–water partition coefficient (Wildman–Crippen LogP) is 5.05. The van der Waals surface area contributed by atoms with Gasteiger partial charge < -0.3 is 5.32 Å². The number of aromatic nitrogens is 2. The van der Waals surface area contributed by atoms with Crippen molar-refractivity contribution in [3.8, 4) is 5.69 Å². The van der Waals surface area contributed by atoms with E-state index >= 15 is 0 Å². The van der Waals surface area contributed by atoms with Gasteiger partial charge in [0, 0.05) is 5.02 Å². The van der Waals surface area contributed by atoms with Gasteiger partial charge in [-0.25, -0.2) is 13.8 Å². The number of hydrogen-bond donors (Lipinski definition) is 1. The van der Waals surface area contributed by atoms with Crippen LogP contribution in [0.1, 0.15) is 0 Å². The highest BCUT2D eigenvalue weighted by Gasteiger charge is 2.17. The standard InChI is InChI=1S/C22H14ClF2N3O2S/c23-13-9-10-15(24)18(11-13)26-20(29)12-31-22-27-17-7-3-1-5-14(17)21(30)28(22)19-8-4-2-6-16(19)25/h1-11H,12H2,(H,26,29). The van der Waals surface area contributed by atoms with Crippen molar-refractivity contribution < 1.29 is 13.6 Å². The maximum Gasteiger partial charge on any atom is 0.266 e. The van der Waals surface area contributed by atoms with Crippen LogP contribution in [-0.4, -0.2) is 21.2 Å². The molecule has 0 fully saturated rings. The van der Waals surface area contributed by atoms with Crippen molar-refractivity contribution in [2.45, 2.75) is 5.16 Å². The Bertz CT molecular complexity index is 1360. The van der Waals surface area contributed by atoms with Crippen LogP contribution in [0.25, 0.3) is 16.6 Å². The van der Waals surface area contributed by atoms with Gasteiger partial charge in [-0.05, 0) is 42.5 Å². The molecule has 0 aliphatic heterocycles. The van der Waals surface area contributed by atoms with Crippen LogP contribution in [0.15, 0.2) is 76.7 Å². The Hall–Kier alpha value is -3.23. The molecular weight excluding hydrogens is 444 g/mol. The Kier molecular flexibility index (Phi) is 6.01. The van der Waals surface area contributed by atoms with Gasteiger partial charge in [0.1, 0.15) is 11.6 Å². The topological polar surface area (TPSA) is 64.0 Å². The van der Waals surface area contributed by atoms with E-state index in [1.165, 1.54) is 30.3 Å². The van der Waals surface area contributed by atoms with E-state index in [2.05, 4.69) is 10.3 Å². The number of para-hydroxylation sites is 2. The first-order chi connectivity index (χ1) is 14.9. The molecule has 0 saturated carbocycles. The fourth-order valence-corrected chi connectivity index (χ4v) is 3.94. The number of anilines is 1. The first-order valence-corrected chi connectivity index (χ1v) is 10.4. The summed E-state index contributed by atoms with van der Waals surface area (Å²) in [7, 11) is 0. The average molecular weight is 458 g/mol. The molecule has 156 valence electrons. The molecule has 4 rings (SSSR count). The number of nitrogens with one attached hydrogen (secondary N) is 1. The molecule has 9 heteroatoms. The molecule has 5 nitrogen and oxygen atoms in total. The van der Waals surface area contributed by atoms with Gasteiger partial charge >= 0.3 is 0 Å². The molecule has 3 aromatic carbocycles. The van der Waals surface area contributed by atoms with E-state index < -0.39 is 23.1 Å². The van der Waals surface area contributed by atoms with Gasteiger partial charge in [-0.2, -0.15) is 0 Å². The molecule has 0 atom stereocenters. The molecule has 0 unspecified atom stereocenters. The Morgan fingerprint density at radius 3 is 2.58 bits per heavy atom. The number of carbonyl (C=O) groups excluding carboxylic acids is 1. The first kappa shape index (κ1) is 21.0. The molecule has 0 bridgehead atoms. The number of fused-ring (bicyclic) bond motifs is 1. The van der Waals surface area contributed by atoms with Crippen LogP contribution in [0.3, 0.4) is 0 Å². The second-order valence-electron chi connectivity index (χ2n) is 6.46. The zero-order chi connectivity index (χ0) is 22.0. The van der Waals surface area contributed by atoms with E-state index in [0.717, 1.165) is 22.4 Å². The number of rotatable bonds is 5. The lowest BCUT2D eigenvalue weighted by atomic mass is 10.2. The highest BCUT2D eigenvalue weighted by Crippen LogP contribution is 2.24. The number of hydrogen-bond acceptors (Lipinski definition) is 4. The molecule has 0 aliphatic rings. The molecule has 1 heterocycles. The summed E-state index contributed by atoms with van der Waals surface area (Å²) in [5.41, 5.74) is -0.0750. The monoisotopic (exact) mass is 457 g/mol. The second-order valence-corrected chi connectivity index (χ2v) is 7.84. The molecule has 0 radical (unpaired) electrons. The third kappa shape index (κ3) is 4.45. The van der Waals surface area contributed by atoms with Crippen LogP contribution in [0.4, 0.5) is 14.5 Å². The van der Waals surface area contributed by atoms with Crippen LogP contribution in [0.5, 0.6) is 0 Å². The van der Waals surface area contributed by atoms with E-state index in [4.69, 9.17) is 11.6 Å². The Morgan fingerprint density at radius 2 is 1.77 bits per heavy atom. The minimum Gasteiger partial charge on any atom is -0.323 e. The molecular formula is C22H14ClF2N3O2S. The van der Waals surface area contributed by atoms with E-state index in [1.54, 1.807) is 30.3 Å². The predicted molar refractivity (Wildman–Crippen MR) is 118 cm³/mol. The van der Waals surface area contributed by atoms with Crippen LogP contribution in [-0.2, 0) is 4.79 Å². The summed E-state index contributed by atoms with van der Waals surface area (Å²) in [5, 5.41) is 3.16. The summed E-state index contributed by atoms with van der Waals surface area (Å²) in [6.07, 6.45) is 0. The average Bonchev–Trinajstić information content (AvgIpc) is 2.76. The SMILES string of the molecule is O=C(CSc1nc2ccccc2c(=O)n1-c1ccccc1F)Nc1cc(Cl)ccc1F. The number of thioether (sulfide) groups is 1. The summed E-state index contributed by atoms with van der Waals surface area (Å²) < 4.78 is 29.5. The maximum atomic E-state index is 14.5. The highest BCUT2D eigenvalue weighted by molar-refractivity contribution is 7.99. The number of nitrogens with zero attached hydrogens (tertiary/aromatic N) is 2. The Labute approximate surface area is 184 Å². The quantitative estimate of drug-likeness (QED) is 0.336. The molecule has 0 spiro atoms. The lowest BCUT2D eigenvalue weighted by Crippen LogP contribution is -2.23. The Balaban J connectivity index is 1.69. The van der Waals surface area contributed by atoms with Crippen LogP contribution < -0.4 is 10.9 Å². The number of amides is 1. The van der Waals surface area contributed by atoms with Crippen molar-refractivity contribution in [2.24, 2.45) is 0 Å². The molecule has 31 heavy (non-hydrogen) atoms. The lowest BCUT2D eigenvalue weighted by molar-refractivity contribution is -0.113. The fraction of sp³-hybridized carbons (Fsp3) is 0.0455. The normalized spacial score (nSPS) is 10.9. The summed E-state index contributed by atoms with van der Waals surface area (Å²) in [6, 6.07) is 16.3. The molecule has 1 amide bonds. The van der Waals surface area contributed by atoms with E-state index in [9.17, 15) is 18.4 Å². The minimum absolute atomic E-state index is 0.0227. The van der Waals surface area contributed by atoms with Crippen molar-refractivity contribution in [3.05, 3.63) is 93.7 Å². The summed E-state index contributed by atoms with van der Waals surface area (Å²) in [4.78, 5) is 29.9. The van der Waals surface area contributed by atoms with E-state index in [-0.39, 0.29) is 27.3 Å². The maximum absolute atomic E-state index is 14.5. The highest BCUT2D eigenvalue weighted by atomic mass is 35.5. The number of benzene rings is 3. The van der Waals surface area contributed by atoms with Gasteiger partial charge in [0.25, 0.3) is 5.56 Å².